The Labute approximate surface area is 89.4 Å². The summed E-state index contributed by atoms with van der Waals surface area (Å²) in [5.74, 6) is 0. The molecule has 0 atom stereocenters. The second-order valence-corrected chi connectivity index (χ2v) is 9.22. The minimum Gasteiger partial charge on any atom is -0.0675 e. The van der Waals surface area contributed by atoms with E-state index in [0.29, 0.717) is 0 Å². The molecule has 0 amide bonds. The molecule has 0 fully saturated rings. The monoisotopic (exact) mass is 204 g/mol. The SMILES string of the molecule is [CH]c1ccc([Si](CC)(CC)CC)cc1. The smallest absolute Gasteiger partial charge is 0.0675 e. The third-order valence-electron chi connectivity index (χ3n) is 3.55. The molecule has 0 bridgehead atoms. The number of rotatable bonds is 4. The minimum atomic E-state index is -1.17. The lowest BCUT2D eigenvalue weighted by Crippen LogP contribution is -2.45. The summed E-state index contributed by atoms with van der Waals surface area (Å²) in [5.41, 5.74) is 0.875. The maximum Gasteiger partial charge on any atom is 0.0859 e. The Morgan fingerprint density at radius 3 is 1.71 bits per heavy atom. The normalized spacial score (nSPS) is 11.7. The van der Waals surface area contributed by atoms with Crippen LogP contribution in [0.5, 0.6) is 0 Å². The van der Waals surface area contributed by atoms with Crippen LogP contribution in [0.1, 0.15) is 26.3 Å². The molecule has 0 heterocycles. The van der Waals surface area contributed by atoms with Gasteiger partial charge in [-0.15, -0.1) is 0 Å². The lowest BCUT2D eigenvalue weighted by atomic mass is 10.2. The molecule has 0 N–H and O–H groups in total. The van der Waals surface area contributed by atoms with Gasteiger partial charge >= 0.3 is 0 Å². The zero-order chi connectivity index (χ0) is 10.6. The second-order valence-electron chi connectivity index (χ2n) is 3.96. The Morgan fingerprint density at radius 1 is 0.929 bits per heavy atom. The van der Waals surface area contributed by atoms with E-state index in [0.717, 1.165) is 5.56 Å². The van der Waals surface area contributed by atoms with E-state index in [-0.39, 0.29) is 0 Å². The van der Waals surface area contributed by atoms with Crippen molar-refractivity contribution in [2.45, 2.75) is 38.9 Å². The Morgan fingerprint density at radius 2 is 1.36 bits per heavy atom. The summed E-state index contributed by atoms with van der Waals surface area (Å²) in [6.45, 7) is 12.7. The first-order valence-electron chi connectivity index (χ1n) is 5.54. The van der Waals surface area contributed by atoms with Crippen molar-refractivity contribution in [1.29, 1.82) is 0 Å². The summed E-state index contributed by atoms with van der Waals surface area (Å²) in [7, 11) is -1.17. The highest BCUT2D eigenvalue weighted by Gasteiger charge is 2.28. The first-order chi connectivity index (χ1) is 6.68. The first kappa shape index (κ1) is 11.5. The molecular weight excluding hydrogens is 184 g/mol. The first-order valence-corrected chi connectivity index (χ1v) is 8.16. The lowest BCUT2D eigenvalue weighted by Gasteiger charge is -2.28. The van der Waals surface area contributed by atoms with Crippen LogP contribution in [0, 0.1) is 6.92 Å². The predicted octanol–water partition coefficient (Wildman–Crippen LogP) is 3.46. The summed E-state index contributed by atoms with van der Waals surface area (Å²) in [4.78, 5) is 0. The molecule has 1 aromatic carbocycles. The van der Waals surface area contributed by atoms with E-state index in [1.54, 1.807) is 5.19 Å². The van der Waals surface area contributed by atoms with Gasteiger partial charge < -0.3 is 0 Å². The number of benzene rings is 1. The summed E-state index contributed by atoms with van der Waals surface area (Å²) < 4.78 is 0. The predicted molar refractivity (Wildman–Crippen MR) is 66.7 cm³/mol. The van der Waals surface area contributed by atoms with Gasteiger partial charge in [0.1, 0.15) is 0 Å². The fourth-order valence-electron chi connectivity index (χ4n) is 2.20. The fraction of sp³-hybridized carbons (Fsp3) is 0.462. The molecule has 14 heavy (non-hydrogen) atoms. The van der Waals surface area contributed by atoms with E-state index < -0.39 is 8.07 Å². The second kappa shape index (κ2) is 4.79. The van der Waals surface area contributed by atoms with Crippen molar-refractivity contribution in [3.63, 3.8) is 0 Å². The van der Waals surface area contributed by atoms with E-state index in [9.17, 15) is 0 Å². The molecular formula is C13H20Si. The third-order valence-corrected chi connectivity index (χ3v) is 9.17. The molecule has 0 spiro atoms. The van der Waals surface area contributed by atoms with Crippen LogP contribution in [0.15, 0.2) is 24.3 Å². The van der Waals surface area contributed by atoms with Gasteiger partial charge in [0.05, 0.1) is 8.07 Å². The van der Waals surface area contributed by atoms with Gasteiger partial charge in [0.15, 0.2) is 0 Å². The minimum absolute atomic E-state index is 0.875. The molecule has 76 valence electrons. The van der Waals surface area contributed by atoms with E-state index in [1.807, 2.05) is 12.1 Å². The highest BCUT2D eigenvalue weighted by Crippen LogP contribution is 2.20. The lowest BCUT2D eigenvalue weighted by molar-refractivity contribution is 1.19. The van der Waals surface area contributed by atoms with Crippen molar-refractivity contribution in [1.82, 2.24) is 0 Å². The van der Waals surface area contributed by atoms with Crippen molar-refractivity contribution in [3.05, 3.63) is 36.8 Å². The molecule has 0 aliphatic carbocycles. The molecule has 1 aromatic rings. The zero-order valence-corrected chi connectivity index (χ0v) is 10.5. The van der Waals surface area contributed by atoms with E-state index >= 15 is 0 Å². The highest BCUT2D eigenvalue weighted by atomic mass is 28.3. The van der Waals surface area contributed by atoms with Crippen LogP contribution in [-0.2, 0) is 0 Å². The van der Waals surface area contributed by atoms with Crippen LogP contribution in [0.2, 0.25) is 18.1 Å². The Hall–Kier alpha value is -0.563. The van der Waals surface area contributed by atoms with Crippen molar-refractivity contribution in [2.24, 2.45) is 0 Å². The zero-order valence-electron chi connectivity index (χ0n) is 9.51. The van der Waals surface area contributed by atoms with Crippen LogP contribution in [0.3, 0.4) is 0 Å². The topological polar surface area (TPSA) is 0 Å². The van der Waals surface area contributed by atoms with Gasteiger partial charge in [0.2, 0.25) is 0 Å². The molecule has 0 aliphatic heterocycles. The molecule has 0 aromatic heterocycles. The molecule has 1 heteroatoms. The van der Waals surface area contributed by atoms with Gasteiger partial charge in [0.25, 0.3) is 0 Å². The van der Waals surface area contributed by atoms with E-state index in [1.165, 1.54) is 18.1 Å². The molecule has 2 radical (unpaired) electrons. The Kier molecular flexibility index (Phi) is 3.94. The number of hydrogen-bond donors (Lipinski definition) is 0. The van der Waals surface area contributed by atoms with Gasteiger partial charge in [-0.1, -0.05) is 68.4 Å². The fourth-order valence-corrected chi connectivity index (χ4v) is 5.80. The van der Waals surface area contributed by atoms with Gasteiger partial charge in [0, 0.05) is 0 Å². The van der Waals surface area contributed by atoms with Crippen molar-refractivity contribution in [2.75, 3.05) is 0 Å². The van der Waals surface area contributed by atoms with E-state index in [2.05, 4.69) is 32.9 Å². The maximum atomic E-state index is 5.71. The summed E-state index contributed by atoms with van der Waals surface area (Å²) in [5, 5.41) is 1.57. The molecule has 0 unspecified atom stereocenters. The van der Waals surface area contributed by atoms with Crippen molar-refractivity contribution >= 4 is 13.3 Å². The third kappa shape index (κ3) is 2.09. The van der Waals surface area contributed by atoms with E-state index in [4.69, 9.17) is 6.92 Å². The molecule has 0 aliphatic rings. The Balaban J connectivity index is 3.05. The van der Waals surface area contributed by atoms with Gasteiger partial charge in [-0.3, -0.25) is 0 Å². The summed E-state index contributed by atoms with van der Waals surface area (Å²) in [6, 6.07) is 12.6. The standard InChI is InChI=1S/C13H20Si/c1-5-14(6-2,7-3)13-10-8-12(4)9-11-13/h4,8-11H,5-7H2,1-3H3. The average molecular weight is 204 g/mol. The molecule has 0 saturated carbocycles. The molecule has 0 saturated heterocycles. The maximum absolute atomic E-state index is 5.71. The quantitative estimate of drug-likeness (QED) is 0.659. The van der Waals surface area contributed by atoms with Crippen LogP contribution >= 0.6 is 0 Å². The van der Waals surface area contributed by atoms with Gasteiger partial charge in [-0.05, 0) is 12.5 Å². The molecule has 1 rings (SSSR count). The Bertz CT molecular complexity index is 262. The van der Waals surface area contributed by atoms with Crippen molar-refractivity contribution < 1.29 is 0 Å². The van der Waals surface area contributed by atoms with Crippen molar-refractivity contribution in [3.8, 4) is 0 Å². The molecule has 0 nitrogen and oxygen atoms in total. The summed E-state index contributed by atoms with van der Waals surface area (Å²) in [6.07, 6.45) is 0. The van der Waals surface area contributed by atoms with Gasteiger partial charge in [-0.2, -0.15) is 0 Å². The van der Waals surface area contributed by atoms with Crippen LogP contribution < -0.4 is 5.19 Å². The number of hydrogen-bond acceptors (Lipinski definition) is 0. The van der Waals surface area contributed by atoms with Gasteiger partial charge in [-0.25, -0.2) is 0 Å². The highest BCUT2D eigenvalue weighted by molar-refractivity contribution is 6.91. The van der Waals surface area contributed by atoms with Crippen LogP contribution in [-0.4, -0.2) is 8.07 Å². The average Bonchev–Trinajstić information content (AvgIpc) is 2.24. The summed E-state index contributed by atoms with van der Waals surface area (Å²) >= 11 is 0. The largest absolute Gasteiger partial charge is 0.0859 e. The van der Waals surface area contributed by atoms with Crippen LogP contribution in [0.25, 0.3) is 0 Å². The van der Waals surface area contributed by atoms with Crippen LogP contribution in [0.4, 0.5) is 0 Å².